The maximum atomic E-state index is 12.0. The summed E-state index contributed by atoms with van der Waals surface area (Å²) in [6.07, 6.45) is -0.510. The van der Waals surface area contributed by atoms with Crippen molar-refractivity contribution in [1.82, 2.24) is 9.55 Å². The SMILES string of the molecule is CCn1c(C)nc2ccc(NC(=O)OC(C)(C)C)c(OC)c21. The van der Waals surface area contributed by atoms with E-state index >= 15 is 0 Å². The summed E-state index contributed by atoms with van der Waals surface area (Å²) in [6, 6.07) is 3.64. The number of carbonyl (C=O) groups excluding carboxylic acids is 1. The van der Waals surface area contributed by atoms with Gasteiger partial charge in [-0.3, -0.25) is 5.32 Å². The van der Waals surface area contributed by atoms with Crippen LogP contribution in [0.3, 0.4) is 0 Å². The van der Waals surface area contributed by atoms with Crippen LogP contribution in [-0.4, -0.2) is 28.4 Å². The number of hydrogen-bond acceptors (Lipinski definition) is 4. The van der Waals surface area contributed by atoms with E-state index in [2.05, 4.69) is 14.9 Å². The Kier molecular flexibility index (Phi) is 4.30. The lowest BCUT2D eigenvalue weighted by atomic mass is 10.2. The Balaban J connectivity index is 2.44. The summed E-state index contributed by atoms with van der Waals surface area (Å²) in [5.74, 6) is 1.50. The lowest BCUT2D eigenvalue weighted by molar-refractivity contribution is 0.0635. The second-order valence-corrected chi connectivity index (χ2v) is 6.04. The van der Waals surface area contributed by atoms with E-state index in [1.165, 1.54) is 0 Å². The van der Waals surface area contributed by atoms with Gasteiger partial charge >= 0.3 is 6.09 Å². The highest BCUT2D eigenvalue weighted by molar-refractivity contribution is 5.95. The fraction of sp³-hybridized carbons (Fsp3) is 0.500. The first-order valence-electron chi connectivity index (χ1n) is 7.30. The number of aromatic nitrogens is 2. The van der Waals surface area contributed by atoms with Gasteiger partial charge < -0.3 is 14.0 Å². The van der Waals surface area contributed by atoms with Gasteiger partial charge in [0.25, 0.3) is 0 Å². The van der Waals surface area contributed by atoms with Gasteiger partial charge in [-0.2, -0.15) is 0 Å². The summed E-state index contributed by atoms with van der Waals surface area (Å²) in [4.78, 5) is 16.5. The van der Waals surface area contributed by atoms with Crippen molar-refractivity contribution in [3.63, 3.8) is 0 Å². The van der Waals surface area contributed by atoms with Crippen molar-refractivity contribution in [3.8, 4) is 5.75 Å². The molecule has 1 aromatic heterocycles. The van der Waals surface area contributed by atoms with Crippen LogP contribution < -0.4 is 10.1 Å². The van der Waals surface area contributed by atoms with E-state index in [1.807, 2.05) is 40.7 Å². The fourth-order valence-corrected chi connectivity index (χ4v) is 2.41. The number of imidazole rings is 1. The molecular weight excluding hydrogens is 282 g/mol. The van der Waals surface area contributed by atoms with Gasteiger partial charge in [-0.1, -0.05) is 0 Å². The first-order chi connectivity index (χ1) is 10.3. The van der Waals surface area contributed by atoms with Crippen molar-refractivity contribution in [2.45, 2.75) is 46.8 Å². The second-order valence-electron chi connectivity index (χ2n) is 6.04. The molecule has 0 saturated heterocycles. The number of hydrogen-bond donors (Lipinski definition) is 1. The van der Waals surface area contributed by atoms with Crippen LogP contribution in [0.15, 0.2) is 12.1 Å². The predicted molar refractivity (Wildman–Crippen MR) is 86.6 cm³/mol. The number of aryl methyl sites for hydroxylation is 2. The maximum Gasteiger partial charge on any atom is 0.412 e. The number of rotatable bonds is 3. The van der Waals surface area contributed by atoms with Gasteiger partial charge in [0.15, 0.2) is 5.75 Å². The zero-order valence-electron chi connectivity index (χ0n) is 14.0. The first kappa shape index (κ1) is 16.1. The van der Waals surface area contributed by atoms with Gasteiger partial charge in [0, 0.05) is 6.54 Å². The van der Waals surface area contributed by atoms with E-state index in [0.717, 1.165) is 23.4 Å². The normalized spacial score (nSPS) is 11.5. The molecule has 0 saturated carbocycles. The average molecular weight is 305 g/mol. The molecule has 1 heterocycles. The molecule has 6 heteroatoms. The molecule has 0 fully saturated rings. The molecule has 0 aliphatic rings. The van der Waals surface area contributed by atoms with Crippen molar-refractivity contribution in [1.29, 1.82) is 0 Å². The Hall–Kier alpha value is -2.24. The van der Waals surface area contributed by atoms with E-state index in [0.29, 0.717) is 11.4 Å². The minimum Gasteiger partial charge on any atom is -0.492 e. The highest BCUT2D eigenvalue weighted by Gasteiger charge is 2.20. The summed E-state index contributed by atoms with van der Waals surface area (Å²) in [5, 5.41) is 2.74. The van der Waals surface area contributed by atoms with Crippen LogP contribution in [0.1, 0.15) is 33.5 Å². The molecule has 1 aromatic carbocycles. The third-order valence-electron chi connectivity index (χ3n) is 3.21. The molecule has 0 bridgehead atoms. The second kappa shape index (κ2) is 5.87. The molecule has 0 unspecified atom stereocenters. The van der Waals surface area contributed by atoms with Crippen LogP contribution in [-0.2, 0) is 11.3 Å². The van der Waals surface area contributed by atoms with E-state index in [4.69, 9.17) is 9.47 Å². The van der Waals surface area contributed by atoms with Crippen molar-refractivity contribution in [2.24, 2.45) is 0 Å². The summed E-state index contributed by atoms with van der Waals surface area (Å²) in [7, 11) is 1.58. The third-order valence-corrected chi connectivity index (χ3v) is 3.21. The molecule has 0 spiro atoms. The number of anilines is 1. The third kappa shape index (κ3) is 3.16. The maximum absolute atomic E-state index is 12.0. The van der Waals surface area contributed by atoms with Gasteiger partial charge in [0.2, 0.25) is 0 Å². The minimum atomic E-state index is -0.552. The first-order valence-corrected chi connectivity index (χ1v) is 7.30. The molecule has 120 valence electrons. The Labute approximate surface area is 130 Å². The number of amides is 1. The summed E-state index contributed by atoms with van der Waals surface area (Å²) in [5.41, 5.74) is 1.73. The lowest BCUT2D eigenvalue weighted by Crippen LogP contribution is -2.27. The van der Waals surface area contributed by atoms with Crippen LogP contribution >= 0.6 is 0 Å². The molecule has 0 radical (unpaired) electrons. The topological polar surface area (TPSA) is 65.4 Å². The Morgan fingerprint density at radius 1 is 1.36 bits per heavy atom. The largest absolute Gasteiger partial charge is 0.492 e. The molecule has 1 N–H and O–H groups in total. The molecule has 2 rings (SSSR count). The van der Waals surface area contributed by atoms with Crippen molar-refractivity contribution in [3.05, 3.63) is 18.0 Å². The van der Waals surface area contributed by atoms with Gasteiger partial charge in [0.05, 0.1) is 18.3 Å². The number of nitrogens with one attached hydrogen (secondary N) is 1. The molecule has 0 atom stereocenters. The highest BCUT2D eigenvalue weighted by Crippen LogP contribution is 2.34. The molecule has 1 amide bonds. The summed E-state index contributed by atoms with van der Waals surface area (Å²) >= 11 is 0. The van der Waals surface area contributed by atoms with E-state index in [9.17, 15) is 4.79 Å². The molecular formula is C16H23N3O3. The minimum absolute atomic E-state index is 0.510. The Bertz CT molecular complexity index is 699. The van der Waals surface area contributed by atoms with Crippen LogP contribution in [0.25, 0.3) is 11.0 Å². The van der Waals surface area contributed by atoms with Gasteiger partial charge in [-0.25, -0.2) is 9.78 Å². The highest BCUT2D eigenvalue weighted by atomic mass is 16.6. The van der Waals surface area contributed by atoms with Crippen molar-refractivity contribution >= 4 is 22.8 Å². The quantitative estimate of drug-likeness (QED) is 0.938. The van der Waals surface area contributed by atoms with Gasteiger partial charge in [-0.15, -0.1) is 0 Å². The molecule has 0 aliphatic heterocycles. The number of methoxy groups -OCH3 is 1. The van der Waals surface area contributed by atoms with E-state index in [-0.39, 0.29) is 0 Å². The van der Waals surface area contributed by atoms with Gasteiger partial charge in [-0.05, 0) is 46.8 Å². The molecule has 0 aliphatic carbocycles. The molecule has 2 aromatic rings. The number of nitrogens with zero attached hydrogens (tertiary/aromatic N) is 2. The predicted octanol–water partition coefficient (Wildman–Crippen LogP) is 3.72. The fourth-order valence-electron chi connectivity index (χ4n) is 2.41. The zero-order chi connectivity index (χ0) is 16.5. The standard InChI is InChI=1S/C16H23N3O3/c1-7-19-10(2)17-11-8-9-12(14(21-6)13(11)19)18-15(20)22-16(3,4)5/h8-9H,7H2,1-6H3,(H,18,20). The Morgan fingerprint density at radius 3 is 2.59 bits per heavy atom. The smallest absolute Gasteiger partial charge is 0.412 e. The summed E-state index contributed by atoms with van der Waals surface area (Å²) < 4.78 is 12.9. The van der Waals surface area contributed by atoms with E-state index in [1.54, 1.807) is 13.2 Å². The lowest BCUT2D eigenvalue weighted by Gasteiger charge is -2.20. The number of benzene rings is 1. The number of ether oxygens (including phenoxy) is 2. The zero-order valence-corrected chi connectivity index (χ0v) is 14.0. The summed E-state index contributed by atoms with van der Waals surface area (Å²) in [6.45, 7) is 10.2. The molecule has 6 nitrogen and oxygen atoms in total. The van der Waals surface area contributed by atoms with Gasteiger partial charge in [0.1, 0.15) is 16.9 Å². The molecule has 22 heavy (non-hydrogen) atoms. The van der Waals surface area contributed by atoms with Crippen molar-refractivity contribution < 1.29 is 14.3 Å². The average Bonchev–Trinajstić information content (AvgIpc) is 2.71. The number of fused-ring (bicyclic) bond motifs is 1. The van der Waals surface area contributed by atoms with Crippen LogP contribution in [0.4, 0.5) is 10.5 Å². The Morgan fingerprint density at radius 2 is 2.05 bits per heavy atom. The van der Waals surface area contributed by atoms with Crippen LogP contribution in [0.2, 0.25) is 0 Å². The van der Waals surface area contributed by atoms with Crippen LogP contribution in [0.5, 0.6) is 5.75 Å². The van der Waals surface area contributed by atoms with E-state index < -0.39 is 11.7 Å². The monoisotopic (exact) mass is 305 g/mol. The van der Waals surface area contributed by atoms with Crippen molar-refractivity contribution in [2.75, 3.05) is 12.4 Å². The van der Waals surface area contributed by atoms with Crippen LogP contribution in [0, 0.1) is 6.92 Å². The number of carbonyl (C=O) groups is 1.